The number of rotatable bonds is 3. The third kappa shape index (κ3) is 3.07. The molecule has 0 aromatic heterocycles. The molecule has 1 fully saturated rings. The van der Waals surface area contributed by atoms with Gasteiger partial charge in [-0.15, -0.1) is 0 Å². The molecule has 1 aliphatic carbocycles. The molecule has 1 saturated carbocycles. The van der Waals surface area contributed by atoms with E-state index >= 15 is 0 Å². The zero-order valence-electron chi connectivity index (χ0n) is 10.0. The summed E-state index contributed by atoms with van der Waals surface area (Å²) in [5.74, 6) is -3.59. The maximum absolute atomic E-state index is 13.4. The van der Waals surface area contributed by atoms with Gasteiger partial charge in [0.05, 0.1) is 11.5 Å². The van der Waals surface area contributed by atoms with Crippen LogP contribution in [0.3, 0.4) is 0 Å². The topological polar surface area (TPSA) is 66.4 Å². The second-order valence-electron chi connectivity index (χ2n) is 4.64. The van der Waals surface area contributed by atoms with Crippen LogP contribution in [0, 0.1) is 17.6 Å². The molecule has 2 atom stereocenters. The van der Waals surface area contributed by atoms with Gasteiger partial charge in [0.25, 0.3) is 5.91 Å². The number of carbonyl (C=O) groups is 2. The zero-order valence-corrected chi connectivity index (χ0v) is 10.0. The minimum atomic E-state index is -0.895. The molecule has 19 heavy (non-hydrogen) atoms. The maximum Gasteiger partial charge on any atom is 0.306 e. The number of halogens is 2. The molecule has 0 heterocycles. The van der Waals surface area contributed by atoms with Crippen LogP contribution in [0.4, 0.5) is 8.78 Å². The Labute approximate surface area is 108 Å². The molecule has 1 amide bonds. The lowest BCUT2D eigenvalue weighted by molar-refractivity contribution is -0.141. The van der Waals surface area contributed by atoms with Crippen molar-refractivity contribution in [2.24, 2.45) is 5.92 Å². The fourth-order valence-electron chi connectivity index (χ4n) is 2.27. The average molecular weight is 269 g/mol. The van der Waals surface area contributed by atoms with E-state index in [2.05, 4.69) is 5.32 Å². The van der Waals surface area contributed by atoms with Crippen LogP contribution in [-0.2, 0) is 4.79 Å². The highest BCUT2D eigenvalue weighted by molar-refractivity contribution is 5.94. The Morgan fingerprint density at radius 2 is 2.00 bits per heavy atom. The van der Waals surface area contributed by atoms with Crippen molar-refractivity contribution in [3.8, 4) is 0 Å². The van der Waals surface area contributed by atoms with Crippen molar-refractivity contribution in [1.82, 2.24) is 5.32 Å². The molecule has 6 heteroatoms. The number of benzene rings is 1. The highest BCUT2D eigenvalue weighted by Gasteiger charge is 2.31. The molecular formula is C13H13F2NO3. The first-order valence-electron chi connectivity index (χ1n) is 5.96. The second-order valence-corrected chi connectivity index (χ2v) is 4.64. The van der Waals surface area contributed by atoms with Gasteiger partial charge in [0.1, 0.15) is 11.6 Å². The Bertz CT molecular complexity index is 519. The predicted molar refractivity (Wildman–Crippen MR) is 62.6 cm³/mol. The van der Waals surface area contributed by atoms with E-state index in [0.717, 1.165) is 18.2 Å². The molecule has 0 unspecified atom stereocenters. The number of hydrogen-bond donors (Lipinski definition) is 2. The van der Waals surface area contributed by atoms with Crippen molar-refractivity contribution in [2.45, 2.75) is 25.3 Å². The molecule has 4 nitrogen and oxygen atoms in total. The van der Waals surface area contributed by atoms with Gasteiger partial charge in [0.2, 0.25) is 0 Å². The molecule has 1 aromatic rings. The Morgan fingerprint density at radius 1 is 1.26 bits per heavy atom. The SMILES string of the molecule is O=C(N[C@@H]1CC[C@H](C(=O)O)C1)c1cc(F)ccc1F. The summed E-state index contributed by atoms with van der Waals surface area (Å²) in [6.45, 7) is 0. The third-order valence-electron chi connectivity index (χ3n) is 3.29. The zero-order chi connectivity index (χ0) is 14.0. The number of aliphatic carboxylic acids is 1. The minimum absolute atomic E-state index is 0.309. The Balaban J connectivity index is 2.02. The van der Waals surface area contributed by atoms with E-state index in [-0.39, 0.29) is 11.6 Å². The Kier molecular flexibility index (Phi) is 3.78. The standard InChI is InChI=1S/C13H13F2NO3/c14-8-2-4-11(15)10(6-8)12(17)16-9-3-1-7(5-9)13(18)19/h2,4,6-7,9H,1,3,5H2,(H,16,17)(H,18,19)/t7-,9+/m0/s1. The first kappa shape index (κ1) is 13.5. The maximum atomic E-state index is 13.4. The lowest BCUT2D eigenvalue weighted by Crippen LogP contribution is -2.34. The number of nitrogens with one attached hydrogen (secondary N) is 1. The monoisotopic (exact) mass is 269 g/mol. The highest BCUT2D eigenvalue weighted by atomic mass is 19.1. The van der Waals surface area contributed by atoms with E-state index < -0.39 is 29.4 Å². The van der Waals surface area contributed by atoms with Crippen molar-refractivity contribution in [2.75, 3.05) is 0 Å². The largest absolute Gasteiger partial charge is 0.481 e. The highest BCUT2D eigenvalue weighted by Crippen LogP contribution is 2.26. The van der Waals surface area contributed by atoms with Crippen LogP contribution in [-0.4, -0.2) is 23.0 Å². The molecule has 1 aliphatic rings. The third-order valence-corrected chi connectivity index (χ3v) is 3.29. The van der Waals surface area contributed by atoms with Crippen LogP contribution in [0.25, 0.3) is 0 Å². The molecule has 102 valence electrons. The number of hydrogen-bond acceptors (Lipinski definition) is 2. The van der Waals surface area contributed by atoms with Gasteiger partial charge >= 0.3 is 5.97 Å². The van der Waals surface area contributed by atoms with E-state index in [9.17, 15) is 18.4 Å². The Hall–Kier alpha value is -1.98. The second kappa shape index (κ2) is 5.34. The van der Waals surface area contributed by atoms with Gasteiger partial charge in [-0.2, -0.15) is 0 Å². The van der Waals surface area contributed by atoms with Crippen LogP contribution in [0.5, 0.6) is 0 Å². The molecule has 0 spiro atoms. The van der Waals surface area contributed by atoms with Gasteiger partial charge in [-0.3, -0.25) is 9.59 Å². The summed E-state index contributed by atoms with van der Waals surface area (Å²) < 4.78 is 26.3. The molecule has 0 radical (unpaired) electrons. The summed E-state index contributed by atoms with van der Waals surface area (Å²) in [5, 5.41) is 11.4. The first-order valence-corrected chi connectivity index (χ1v) is 5.96. The summed E-state index contributed by atoms with van der Waals surface area (Å²) in [6.07, 6.45) is 1.32. The van der Waals surface area contributed by atoms with Crippen LogP contribution in [0.15, 0.2) is 18.2 Å². The van der Waals surface area contributed by atoms with Gasteiger partial charge in [-0.1, -0.05) is 0 Å². The quantitative estimate of drug-likeness (QED) is 0.881. The van der Waals surface area contributed by atoms with Crippen molar-refractivity contribution >= 4 is 11.9 Å². The van der Waals surface area contributed by atoms with Crippen molar-refractivity contribution < 1.29 is 23.5 Å². The fraction of sp³-hybridized carbons (Fsp3) is 0.385. The van der Waals surface area contributed by atoms with E-state index in [0.29, 0.717) is 19.3 Å². The lowest BCUT2D eigenvalue weighted by atomic mass is 10.1. The molecular weight excluding hydrogens is 256 g/mol. The molecule has 0 bridgehead atoms. The van der Waals surface area contributed by atoms with Crippen LogP contribution < -0.4 is 5.32 Å². The van der Waals surface area contributed by atoms with Crippen LogP contribution >= 0.6 is 0 Å². The molecule has 2 N–H and O–H groups in total. The summed E-state index contributed by atoms with van der Waals surface area (Å²) in [7, 11) is 0. The van der Waals surface area contributed by atoms with Crippen LogP contribution in [0.2, 0.25) is 0 Å². The molecule has 0 saturated heterocycles. The van der Waals surface area contributed by atoms with E-state index in [1.54, 1.807) is 0 Å². The number of amides is 1. The molecule has 2 rings (SSSR count). The predicted octanol–water partition coefficient (Wildman–Crippen LogP) is 1.95. The van der Waals surface area contributed by atoms with E-state index in [1.165, 1.54) is 0 Å². The molecule has 0 aliphatic heterocycles. The summed E-state index contributed by atoms with van der Waals surface area (Å²) in [6, 6.07) is 2.34. The summed E-state index contributed by atoms with van der Waals surface area (Å²) >= 11 is 0. The normalized spacial score (nSPS) is 22.2. The van der Waals surface area contributed by atoms with Crippen molar-refractivity contribution in [3.05, 3.63) is 35.4 Å². The van der Waals surface area contributed by atoms with Crippen molar-refractivity contribution in [3.63, 3.8) is 0 Å². The van der Waals surface area contributed by atoms with Crippen LogP contribution in [0.1, 0.15) is 29.6 Å². The number of carbonyl (C=O) groups excluding carboxylic acids is 1. The smallest absolute Gasteiger partial charge is 0.306 e. The molecule has 1 aromatic carbocycles. The van der Waals surface area contributed by atoms with Gasteiger partial charge in [0.15, 0.2) is 0 Å². The first-order chi connectivity index (χ1) is 8.97. The van der Waals surface area contributed by atoms with Gasteiger partial charge in [0, 0.05) is 6.04 Å². The summed E-state index contributed by atoms with van der Waals surface area (Å²) in [5.41, 5.74) is -0.362. The number of carboxylic acid groups (broad SMARTS) is 1. The Morgan fingerprint density at radius 3 is 2.63 bits per heavy atom. The van der Waals surface area contributed by atoms with Gasteiger partial charge in [-0.05, 0) is 37.5 Å². The average Bonchev–Trinajstić information content (AvgIpc) is 2.80. The van der Waals surface area contributed by atoms with E-state index in [4.69, 9.17) is 5.11 Å². The van der Waals surface area contributed by atoms with Crippen molar-refractivity contribution in [1.29, 1.82) is 0 Å². The van der Waals surface area contributed by atoms with E-state index in [1.807, 2.05) is 0 Å². The number of carboxylic acids is 1. The summed E-state index contributed by atoms with van der Waals surface area (Å²) in [4.78, 5) is 22.6. The minimum Gasteiger partial charge on any atom is -0.481 e. The van der Waals surface area contributed by atoms with Gasteiger partial charge < -0.3 is 10.4 Å². The van der Waals surface area contributed by atoms with Gasteiger partial charge in [-0.25, -0.2) is 8.78 Å². The fourth-order valence-corrected chi connectivity index (χ4v) is 2.27. The lowest BCUT2D eigenvalue weighted by Gasteiger charge is -2.12.